The fourth-order valence-electron chi connectivity index (χ4n) is 2.52. The molecule has 4 heteroatoms. The van der Waals surface area contributed by atoms with Gasteiger partial charge in [-0.3, -0.25) is 5.14 Å². The van der Waals surface area contributed by atoms with Crippen molar-refractivity contribution in [2.24, 2.45) is 5.14 Å². The highest BCUT2D eigenvalue weighted by Crippen LogP contribution is 2.68. The fourth-order valence-corrected chi connectivity index (χ4v) is 13.0. The topological polar surface area (TPSA) is 26.0 Å². The molecule has 2 N–H and O–H groups in total. The zero-order chi connectivity index (χ0) is 15.3. The smallest absolute Gasteiger partial charge is 0.0316 e. The zero-order valence-electron chi connectivity index (χ0n) is 13.0. The third-order valence-electron chi connectivity index (χ3n) is 3.21. The van der Waals surface area contributed by atoms with Gasteiger partial charge in [-0.1, -0.05) is 36.4 Å². The summed E-state index contributed by atoms with van der Waals surface area (Å²) in [6.07, 6.45) is 6.65. The molecule has 0 saturated heterocycles. The average molecular weight is 340 g/mol. The van der Waals surface area contributed by atoms with Crippen LogP contribution >= 0.6 is 32.0 Å². The van der Waals surface area contributed by atoms with Crippen molar-refractivity contribution in [2.75, 3.05) is 28.9 Å². The third kappa shape index (κ3) is 4.22. The molecule has 0 radical (unpaired) electrons. The van der Waals surface area contributed by atoms with E-state index in [0.717, 1.165) is 10.2 Å². The Kier molecular flexibility index (Phi) is 5.72. The molecule has 0 aliphatic carbocycles. The number of hydrogen-bond acceptors (Lipinski definition) is 2. The van der Waals surface area contributed by atoms with E-state index in [1.54, 1.807) is 0 Å². The highest BCUT2D eigenvalue weighted by Gasteiger charge is 2.31. The monoisotopic (exact) mass is 339 g/mol. The lowest BCUT2D eigenvalue weighted by Gasteiger charge is -2.46. The molecule has 116 valence electrons. The van der Waals surface area contributed by atoms with Gasteiger partial charge in [0.1, 0.15) is 0 Å². The predicted molar refractivity (Wildman–Crippen MR) is 104 cm³/mol. The molecule has 0 aliphatic rings. The number of thioether (sulfide) groups is 1. The van der Waals surface area contributed by atoms with Crippen molar-refractivity contribution in [1.82, 2.24) is 0 Å². The number of rotatable bonds is 6. The molecule has 0 unspecified atom stereocenters. The summed E-state index contributed by atoms with van der Waals surface area (Å²) in [4.78, 5) is 2.91. The third-order valence-corrected chi connectivity index (χ3v) is 12.2. The van der Waals surface area contributed by atoms with Crippen molar-refractivity contribution in [1.29, 1.82) is 0 Å². The van der Waals surface area contributed by atoms with Crippen molar-refractivity contribution >= 4 is 32.0 Å². The molecule has 0 aromatic heterocycles. The Morgan fingerprint density at radius 1 is 0.857 bits per heavy atom. The normalized spacial score (nSPS) is 13.9. The van der Waals surface area contributed by atoms with E-state index in [1.165, 1.54) is 9.79 Å². The van der Waals surface area contributed by atoms with Gasteiger partial charge in [-0.05, 0) is 52.8 Å². The maximum Gasteiger partial charge on any atom is 0.0316 e. The van der Waals surface area contributed by atoms with Crippen molar-refractivity contribution in [3.8, 4) is 0 Å². The summed E-state index contributed by atoms with van der Waals surface area (Å²) >= 11 is 1.93. The molecule has 21 heavy (non-hydrogen) atoms. The largest absolute Gasteiger partial charge is 0.294 e. The van der Waals surface area contributed by atoms with Crippen LogP contribution in [0.4, 0.5) is 0 Å². The highest BCUT2D eigenvalue weighted by molar-refractivity contribution is 8.50. The molecular formula is C17H25NS3. The van der Waals surface area contributed by atoms with Gasteiger partial charge in [0.2, 0.25) is 0 Å². The number of hydrogen-bond donors (Lipinski definition) is 1. The van der Waals surface area contributed by atoms with E-state index in [0.29, 0.717) is 0 Å². The minimum atomic E-state index is -1.09. The molecule has 0 saturated carbocycles. The lowest BCUT2D eigenvalue weighted by Crippen LogP contribution is -2.19. The summed E-state index contributed by atoms with van der Waals surface area (Å²) in [7, 11) is -2.16. The van der Waals surface area contributed by atoms with Gasteiger partial charge in [-0.25, -0.2) is 0 Å². The van der Waals surface area contributed by atoms with Gasteiger partial charge < -0.3 is 0 Å². The predicted octanol–water partition coefficient (Wildman–Crippen LogP) is 5.13. The first-order valence-corrected chi connectivity index (χ1v) is 12.9. The molecule has 0 atom stereocenters. The molecule has 0 spiro atoms. The van der Waals surface area contributed by atoms with Crippen molar-refractivity contribution < 1.29 is 0 Å². The average Bonchev–Trinajstić information content (AvgIpc) is 2.47. The van der Waals surface area contributed by atoms with Crippen LogP contribution in [0, 0.1) is 0 Å². The standard InChI is InChI=1S/C17H25NS3/c1-19-14-21(15-20(2,3)18,16-10-6-4-7-11-16)17-12-8-5-9-13-17/h4-13H,14-15,18H2,1-3H3. The first-order valence-electron chi connectivity index (χ1n) is 6.84. The van der Waals surface area contributed by atoms with E-state index < -0.39 is 20.2 Å². The van der Waals surface area contributed by atoms with Crippen LogP contribution in [0.25, 0.3) is 0 Å². The van der Waals surface area contributed by atoms with E-state index in [2.05, 4.69) is 79.4 Å². The summed E-state index contributed by atoms with van der Waals surface area (Å²) in [6, 6.07) is 21.9. The van der Waals surface area contributed by atoms with Crippen LogP contribution in [0.2, 0.25) is 0 Å². The summed E-state index contributed by atoms with van der Waals surface area (Å²) in [5.41, 5.74) is 0. The van der Waals surface area contributed by atoms with Gasteiger partial charge in [0.25, 0.3) is 0 Å². The molecule has 2 aromatic rings. The molecule has 0 fully saturated rings. The lowest BCUT2D eigenvalue weighted by atomic mass is 10.4. The Hall–Kier alpha value is -0.550. The molecule has 1 nitrogen and oxygen atoms in total. The molecule has 0 bridgehead atoms. The Bertz CT molecular complexity index is 510. The van der Waals surface area contributed by atoms with E-state index >= 15 is 0 Å². The van der Waals surface area contributed by atoms with Crippen molar-refractivity contribution in [3.05, 3.63) is 60.7 Å². The van der Waals surface area contributed by atoms with Gasteiger partial charge in [-0.15, -0.1) is 0 Å². The Balaban J connectivity index is 2.60. The Morgan fingerprint density at radius 3 is 1.62 bits per heavy atom. The molecule has 0 heterocycles. The van der Waals surface area contributed by atoms with Gasteiger partial charge in [-0.2, -0.15) is 32.0 Å². The maximum atomic E-state index is 6.52. The van der Waals surface area contributed by atoms with Crippen LogP contribution in [0.3, 0.4) is 0 Å². The zero-order valence-corrected chi connectivity index (χ0v) is 15.4. The van der Waals surface area contributed by atoms with Gasteiger partial charge in [0.15, 0.2) is 0 Å². The highest BCUT2D eigenvalue weighted by atomic mass is 32.3. The number of nitrogens with two attached hydrogens (primary N) is 1. The summed E-state index contributed by atoms with van der Waals surface area (Å²) in [6.45, 7) is 0. The number of benzene rings is 2. The molecule has 0 amide bonds. The minimum absolute atomic E-state index is 1.08. The van der Waals surface area contributed by atoms with Gasteiger partial charge in [0.05, 0.1) is 0 Å². The van der Waals surface area contributed by atoms with Crippen LogP contribution in [0.15, 0.2) is 70.5 Å². The van der Waals surface area contributed by atoms with Crippen molar-refractivity contribution in [2.45, 2.75) is 9.79 Å². The molecule has 2 rings (SSSR count). The van der Waals surface area contributed by atoms with Crippen LogP contribution in [-0.2, 0) is 0 Å². The lowest BCUT2D eigenvalue weighted by molar-refractivity contribution is 1.35. The van der Waals surface area contributed by atoms with E-state index in [1.807, 2.05) is 11.8 Å². The van der Waals surface area contributed by atoms with E-state index in [9.17, 15) is 0 Å². The van der Waals surface area contributed by atoms with Crippen LogP contribution in [-0.4, -0.2) is 28.9 Å². The van der Waals surface area contributed by atoms with E-state index in [4.69, 9.17) is 5.14 Å². The van der Waals surface area contributed by atoms with Crippen LogP contribution < -0.4 is 5.14 Å². The summed E-state index contributed by atoms with van der Waals surface area (Å²) in [5.74, 6) is 0. The van der Waals surface area contributed by atoms with Crippen LogP contribution in [0.5, 0.6) is 0 Å². The van der Waals surface area contributed by atoms with Crippen molar-refractivity contribution in [3.63, 3.8) is 0 Å². The Labute approximate surface area is 136 Å². The first kappa shape index (κ1) is 16.8. The van der Waals surface area contributed by atoms with E-state index in [-0.39, 0.29) is 0 Å². The second-order valence-corrected chi connectivity index (χ2v) is 14.1. The summed E-state index contributed by atoms with van der Waals surface area (Å²) in [5, 5.41) is 8.75. The molecular weight excluding hydrogens is 314 g/mol. The Morgan fingerprint density at radius 2 is 1.29 bits per heavy atom. The fraction of sp³-hybridized carbons (Fsp3) is 0.294. The summed E-state index contributed by atoms with van der Waals surface area (Å²) < 4.78 is 0. The maximum absolute atomic E-state index is 6.52. The van der Waals surface area contributed by atoms with Gasteiger partial charge in [0, 0.05) is 10.2 Å². The first-order chi connectivity index (χ1) is 9.98. The SMILES string of the molecule is CSCS(CS(C)(C)N)(c1ccccc1)c1ccccc1. The van der Waals surface area contributed by atoms with Gasteiger partial charge >= 0.3 is 0 Å². The quantitative estimate of drug-likeness (QED) is 0.790. The minimum Gasteiger partial charge on any atom is -0.294 e. The second kappa shape index (κ2) is 7.14. The second-order valence-electron chi connectivity index (χ2n) is 5.66. The van der Waals surface area contributed by atoms with Crippen LogP contribution in [0.1, 0.15) is 0 Å². The molecule has 2 aromatic carbocycles. The molecule has 0 aliphatic heterocycles.